The topological polar surface area (TPSA) is 128 Å². The van der Waals surface area contributed by atoms with Crippen molar-refractivity contribution in [2.75, 3.05) is 6.61 Å². The van der Waals surface area contributed by atoms with Crippen LogP contribution in [0.15, 0.2) is 53.8 Å². The van der Waals surface area contributed by atoms with E-state index in [2.05, 4.69) is 20.1 Å². The number of aromatic carboxylic acids is 1. The third-order valence-electron chi connectivity index (χ3n) is 4.07. The number of aryl methyl sites for hydroxylation is 1. The van der Waals surface area contributed by atoms with Crippen LogP contribution in [0.25, 0.3) is 17.1 Å². The molecule has 0 fully saturated rings. The molecule has 0 aliphatic rings. The lowest BCUT2D eigenvalue weighted by Gasteiger charge is -2.07. The Morgan fingerprint density at radius 3 is 2.82 bits per heavy atom. The summed E-state index contributed by atoms with van der Waals surface area (Å²) in [5.41, 5.74) is 0.213. The smallest absolute Gasteiger partial charge is 0.338 e. The number of ether oxygens (including phenoxy) is 1. The number of rotatable bonds is 7. The number of carboxylic acids is 1. The SMILES string of the molecule is O=C(O)c1cnn(-c2nc3ncn(CCCOc4ccccc4)c3c(=O)[nH]2)c1. The van der Waals surface area contributed by atoms with Gasteiger partial charge in [-0.3, -0.25) is 9.78 Å². The molecule has 3 heterocycles. The van der Waals surface area contributed by atoms with E-state index in [4.69, 9.17) is 9.84 Å². The first kappa shape index (κ1) is 17.5. The molecule has 1 aromatic carbocycles. The Kier molecular flexibility index (Phi) is 4.58. The zero-order valence-corrected chi connectivity index (χ0v) is 14.6. The van der Waals surface area contributed by atoms with Gasteiger partial charge in [0.1, 0.15) is 5.75 Å². The lowest BCUT2D eigenvalue weighted by molar-refractivity contribution is 0.0697. The van der Waals surface area contributed by atoms with Crippen molar-refractivity contribution in [2.24, 2.45) is 0 Å². The zero-order valence-electron chi connectivity index (χ0n) is 14.6. The van der Waals surface area contributed by atoms with Crippen LogP contribution in [0.1, 0.15) is 16.8 Å². The summed E-state index contributed by atoms with van der Waals surface area (Å²) >= 11 is 0. The second-order valence-corrected chi connectivity index (χ2v) is 5.99. The average Bonchev–Trinajstić information content (AvgIpc) is 3.34. The summed E-state index contributed by atoms with van der Waals surface area (Å²) in [6.45, 7) is 1.04. The van der Waals surface area contributed by atoms with E-state index in [0.717, 1.165) is 5.75 Å². The molecule has 0 radical (unpaired) electrons. The Labute approximate surface area is 158 Å². The Morgan fingerprint density at radius 2 is 2.07 bits per heavy atom. The molecule has 4 rings (SSSR count). The molecule has 3 aromatic heterocycles. The van der Waals surface area contributed by atoms with Gasteiger partial charge in [0.25, 0.3) is 5.56 Å². The first-order valence-corrected chi connectivity index (χ1v) is 8.53. The molecule has 0 unspecified atom stereocenters. The van der Waals surface area contributed by atoms with Crippen LogP contribution >= 0.6 is 0 Å². The van der Waals surface area contributed by atoms with Gasteiger partial charge in [0.2, 0.25) is 5.95 Å². The number of hydrogen-bond donors (Lipinski definition) is 2. The van der Waals surface area contributed by atoms with E-state index in [9.17, 15) is 9.59 Å². The van der Waals surface area contributed by atoms with Crippen molar-refractivity contribution in [3.05, 3.63) is 65.0 Å². The van der Waals surface area contributed by atoms with Crippen molar-refractivity contribution < 1.29 is 14.6 Å². The van der Waals surface area contributed by atoms with Crippen molar-refractivity contribution in [1.29, 1.82) is 0 Å². The monoisotopic (exact) mass is 380 g/mol. The first-order chi connectivity index (χ1) is 13.6. The van der Waals surface area contributed by atoms with Crippen molar-refractivity contribution in [2.45, 2.75) is 13.0 Å². The molecule has 2 N–H and O–H groups in total. The first-order valence-electron chi connectivity index (χ1n) is 8.53. The minimum absolute atomic E-state index is 0.00769. The summed E-state index contributed by atoms with van der Waals surface area (Å²) in [4.78, 5) is 34.5. The third-order valence-corrected chi connectivity index (χ3v) is 4.07. The molecule has 10 heteroatoms. The standard InChI is InChI=1S/C18H16N6O4/c25-16-14-15(21-18(22-16)24-10-12(9-20-24)17(26)27)19-11-23(14)7-4-8-28-13-5-2-1-3-6-13/h1-3,5-6,9-11H,4,7-8H2,(H,26,27)(H,21,22,25). The number of nitrogens with zero attached hydrogens (tertiary/aromatic N) is 5. The van der Waals surface area contributed by atoms with Crippen LogP contribution in [0.5, 0.6) is 5.75 Å². The molecule has 4 aromatic rings. The Morgan fingerprint density at radius 1 is 1.25 bits per heavy atom. The highest BCUT2D eigenvalue weighted by molar-refractivity contribution is 5.86. The number of carboxylic acid groups (broad SMARTS) is 1. The van der Waals surface area contributed by atoms with Gasteiger partial charge < -0.3 is 14.4 Å². The highest BCUT2D eigenvalue weighted by Gasteiger charge is 2.13. The van der Waals surface area contributed by atoms with Crippen LogP contribution in [0.4, 0.5) is 0 Å². The van der Waals surface area contributed by atoms with E-state index in [1.807, 2.05) is 30.3 Å². The Bertz CT molecular complexity index is 1180. The lowest BCUT2D eigenvalue weighted by atomic mass is 10.3. The number of aromatic nitrogens is 6. The van der Waals surface area contributed by atoms with Crippen LogP contribution in [0, 0.1) is 0 Å². The lowest BCUT2D eigenvalue weighted by Crippen LogP contribution is -2.17. The number of hydrogen-bond acceptors (Lipinski definition) is 6. The number of H-pyrrole nitrogens is 1. The summed E-state index contributed by atoms with van der Waals surface area (Å²) in [6.07, 6.45) is 4.68. The maximum absolute atomic E-state index is 12.5. The van der Waals surface area contributed by atoms with Gasteiger partial charge in [-0.1, -0.05) is 18.2 Å². The van der Waals surface area contributed by atoms with Crippen molar-refractivity contribution in [1.82, 2.24) is 29.3 Å². The van der Waals surface area contributed by atoms with E-state index in [1.54, 1.807) is 10.9 Å². The minimum Gasteiger partial charge on any atom is -0.494 e. The molecule has 142 valence electrons. The van der Waals surface area contributed by atoms with Crippen molar-refractivity contribution in [3.63, 3.8) is 0 Å². The van der Waals surface area contributed by atoms with Crippen LogP contribution < -0.4 is 10.3 Å². The molecule has 0 saturated heterocycles. The summed E-state index contributed by atoms with van der Waals surface area (Å²) in [5.74, 6) is -0.221. The quantitative estimate of drug-likeness (QED) is 0.465. The number of benzene rings is 1. The van der Waals surface area contributed by atoms with Gasteiger partial charge in [-0.2, -0.15) is 10.1 Å². The summed E-state index contributed by atoms with van der Waals surface area (Å²) in [6, 6.07) is 9.49. The van der Waals surface area contributed by atoms with Gasteiger partial charge in [-0.15, -0.1) is 0 Å². The van der Waals surface area contributed by atoms with E-state index < -0.39 is 5.97 Å². The number of para-hydroxylation sites is 1. The summed E-state index contributed by atoms with van der Waals surface area (Å²) in [5, 5.41) is 12.9. The number of aromatic amines is 1. The van der Waals surface area contributed by atoms with Crippen LogP contribution in [-0.4, -0.2) is 47.0 Å². The molecule has 28 heavy (non-hydrogen) atoms. The summed E-state index contributed by atoms with van der Waals surface area (Å²) < 4.78 is 8.56. The van der Waals surface area contributed by atoms with E-state index in [1.165, 1.54) is 17.1 Å². The third kappa shape index (κ3) is 3.47. The number of imidazole rings is 1. The Balaban J connectivity index is 1.50. The van der Waals surface area contributed by atoms with Gasteiger partial charge in [0.05, 0.1) is 24.7 Å². The normalized spacial score (nSPS) is 11.0. The zero-order chi connectivity index (χ0) is 19.5. The molecule has 0 amide bonds. The number of fused-ring (bicyclic) bond motifs is 1. The molecule has 0 atom stereocenters. The van der Waals surface area contributed by atoms with Gasteiger partial charge in [0, 0.05) is 12.7 Å². The second-order valence-electron chi connectivity index (χ2n) is 5.99. The largest absolute Gasteiger partial charge is 0.494 e. The molecular formula is C18H16N6O4. The van der Waals surface area contributed by atoms with Crippen molar-refractivity contribution >= 4 is 17.1 Å². The molecular weight excluding hydrogens is 364 g/mol. The van der Waals surface area contributed by atoms with Crippen LogP contribution in [0.2, 0.25) is 0 Å². The second kappa shape index (κ2) is 7.35. The van der Waals surface area contributed by atoms with E-state index in [0.29, 0.717) is 25.1 Å². The highest BCUT2D eigenvalue weighted by Crippen LogP contribution is 2.11. The van der Waals surface area contributed by atoms with Crippen LogP contribution in [-0.2, 0) is 6.54 Å². The highest BCUT2D eigenvalue weighted by atomic mass is 16.5. The number of nitrogens with one attached hydrogen (secondary N) is 1. The molecule has 0 aliphatic heterocycles. The summed E-state index contributed by atoms with van der Waals surface area (Å²) in [7, 11) is 0. The molecule has 0 saturated carbocycles. The molecule has 10 nitrogen and oxygen atoms in total. The minimum atomic E-state index is -1.11. The number of carbonyl (C=O) groups is 1. The van der Waals surface area contributed by atoms with Gasteiger partial charge >= 0.3 is 5.97 Å². The predicted molar refractivity (Wildman–Crippen MR) is 98.8 cm³/mol. The average molecular weight is 380 g/mol. The fourth-order valence-corrected chi connectivity index (χ4v) is 2.74. The maximum Gasteiger partial charge on any atom is 0.338 e. The molecule has 0 aliphatic carbocycles. The fraction of sp³-hybridized carbons (Fsp3) is 0.167. The molecule has 0 bridgehead atoms. The van der Waals surface area contributed by atoms with Gasteiger partial charge in [-0.25, -0.2) is 14.5 Å². The van der Waals surface area contributed by atoms with Crippen molar-refractivity contribution in [3.8, 4) is 11.7 Å². The molecule has 0 spiro atoms. The Hall–Kier alpha value is -3.95. The van der Waals surface area contributed by atoms with Gasteiger partial charge in [0.15, 0.2) is 11.2 Å². The van der Waals surface area contributed by atoms with Gasteiger partial charge in [-0.05, 0) is 18.6 Å². The van der Waals surface area contributed by atoms with E-state index in [-0.39, 0.29) is 22.7 Å². The predicted octanol–water partition coefficient (Wildman–Crippen LogP) is 1.47. The van der Waals surface area contributed by atoms with Crippen LogP contribution in [0.3, 0.4) is 0 Å². The fourth-order valence-electron chi connectivity index (χ4n) is 2.74. The van der Waals surface area contributed by atoms with E-state index >= 15 is 0 Å². The maximum atomic E-state index is 12.5.